The molecule has 0 atom stereocenters. The van der Waals surface area contributed by atoms with Crippen molar-refractivity contribution in [3.05, 3.63) is 84.2 Å². The Morgan fingerprint density at radius 1 is 0.966 bits per heavy atom. The number of carbonyl (C=O) groups excluding carboxylic acids is 2. The molecule has 1 heterocycles. The van der Waals surface area contributed by atoms with E-state index in [-0.39, 0.29) is 17.7 Å². The summed E-state index contributed by atoms with van der Waals surface area (Å²) in [6, 6.07) is 17.9. The van der Waals surface area contributed by atoms with Crippen molar-refractivity contribution >= 4 is 23.2 Å². The van der Waals surface area contributed by atoms with E-state index in [2.05, 4.69) is 15.6 Å². The fourth-order valence-electron chi connectivity index (χ4n) is 2.81. The van der Waals surface area contributed by atoms with Crippen molar-refractivity contribution in [2.45, 2.75) is 19.4 Å². The summed E-state index contributed by atoms with van der Waals surface area (Å²) in [5.41, 5.74) is 2.82. The second-order valence-electron chi connectivity index (χ2n) is 6.97. The summed E-state index contributed by atoms with van der Waals surface area (Å²) in [6.45, 7) is 0.402. The summed E-state index contributed by atoms with van der Waals surface area (Å²) in [5, 5.41) is 5.73. The molecule has 2 aromatic carbocycles. The lowest BCUT2D eigenvalue weighted by Crippen LogP contribution is -2.14. The zero-order valence-electron chi connectivity index (χ0n) is 15.8. The second kappa shape index (κ2) is 8.56. The largest absolute Gasteiger partial charge is 0.489 e. The molecule has 1 saturated carbocycles. The molecule has 2 N–H and O–H groups in total. The van der Waals surface area contributed by atoms with E-state index in [0.717, 1.165) is 18.4 Å². The van der Waals surface area contributed by atoms with Crippen LogP contribution in [0.3, 0.4) is 0 Å². The van der Waals surface area contributed by atoms with Crippen molar-refractivity contribution in [3.63, 3.8) is 0 Å². The number of anilines is 2. The fraction of sp³-hybridized carbons (Fsp3) is 0.174. The van der Waals surface area contributed by atoms with Gasteiger partial charge in [-0.3, -0.25) is 14.6 Å². The first kappa shape index (κ1) is 18.7. The molecule has 4 rings (SSSR count). The minimum atomic E-state index is -0.227. The predicted octanol–water partition coefficient (Wildman–Crippen LogP) is 4.26. The van der Waals surface area contributed by atoms with Crippen LogP contribution in [0.1, 0.15) is 28.8 Å². The lowest BCUT2D eigenvalue weighted by Gasteiger charge is -2.10. The molecule has 0 aliphatic heterocycles. The van der Waals surface area contributed by atoms with E-state index >= 15 is 0 Å². The third-order valence-corrected chi connectivity index (χ3v) is 4.58. The number of nitrogens with one attached hydrogen (secondary N) is 2. The van der Waals surface area contributed by atoms with Crippen LogP contribution < -0.4 is 15.4 Å². The van der Waals surface area contributed by atoms with Gasteiger partial charge in [0, 0.05) is 46.9 Å². The van der Waals surface area contributed by atoms with Gasteiger partial charge in [0.2, 0.25) is 5.91 Å². The van der Waals surface area contributed by atoms with Crippen LogP contribution >= 0.6 is 0 Å². The third-order valence-electron chi connectivity index (χ3n) is 4.58. The summed E-state index contributed by atoms with van der Waals surface area (Å²) >= 11 is 0. The van der Waals surface area contributed by atoms with E-state index in [4.69, 9.17) is 4.74 Å². The zero-order chi connectivity index (χ0) is 20.1. The third kappa shape index (κ3) is 5.19. The summed E-state index contributed by atoms with van der Waals surface area (Å²) in [5.74, 6) is 0.621. The van der Waals surface area contributed by atoms with Gasteiger partial charge in [-0.25, -0.2) is 0 Å². The van der Waals surface area contributed by atoms with Crippen LogP contribution in [-0.4, -0.2) is 16.8 Å². The number of carbonyl (C=O) groups is 2. The van der Waals surface area contributed by atoms with Gasteiger partial charge in [-0.2, -0.15) is 0 Å². The molecule has 1 aliphatic rings. The maximum atomic E-state index is 12.5. The lowest BCUT2D eigenvalue weighted by molar-refractivity contribution is -0.117. The summed E-state index contributed by atoms with van der Waals surface area (Å²) < 4.78 is 5.77. The second-order valence-corrected chi connectivity index (χ2v) is 6.97. The van der Waals surface area contributed by atoms with Gasteiger partial charge in [0.05, 0.1) is 0 Å². The van der Waals surface area contributed by atoms with Crippen LogP contribution in [0, 0.1) is 5.92 Å². The molecule has 0 unspecified atom stereocenters. The van der Waals surface area contributed by atoms with Crippen LogP contribution in [0.4, 0.5) is 11.4 Å². The molecule has 0 bridgehead atoms. The van der Waals surface area contributed by atoms with Crippen molar-refractivity contribution in [2.75, 3.05) is 10.6 Å². The molecule has 0 spiro atoms. The highest BCUT2D eigenvalue weighted by atomic mass is 16.5. The number of hydrogen-bond acceptors (Lipinski definition) is 4. The number of ether oxygens (including phenoxy) is 1. The molecule has 3 aromatic rings. The minimum Gasteiger partial charge on any atom is -0.489 e. The number of rotatable bonds is 7. The fourth-order valence-corrected chi connectivity index (χ4v) is 2.81. The van der Waals surface area contributed by atoms with Gasteiger partial charge in [0.15, 0.2) is 0 Å². The molecule has 0 saturated heterocycles. The smallest absolute Gasteiger partial charge is 0.255 e. The van der Waals surface area contributed by atoms with E-state index in [0.29, 0.717) is 29.3 Å². The first-order valence-electron chi connectivity index (χ1n) is 9.51. The molecule has 146 valence electrons. The standard InChI is InChI=1S/C23H21N3O3/c27-22(17-6-7-17)25-19-10-8-18(9-11-19)23(28)26-20-4-1-5-21(13-20)29-15-16-3-2-12-24-14-16/h1-5,8-14,17H,6-7,15H2,(H,25,27)(H,26,28). The van der Waals surface area contributed by atoms with Gasteiger partial charge >= 0.3 is 0 Å². The summed E-state index contributed by atoms with van der Waals surface area (Å²) in [6.07, 6.45) is 5.38. The van der Waals surface area contributed by atoms with Gasteiger partial charge in [0.1, 0.15) is 12.4 Å². The first-order valence-corrected chi connectivity index (χ1v) is 9.51. The quantitative estimate of drug-likeness (QED) is 0.635. The van der Waals surface area contributed by atoms with E-state index in [1.54, 1.807) is 48.8 Å². The lowest BCUT2D eigenvalue weighted by atomic mass is 10.2. The molecule has 0 radical (unpaired) electrons. The predicted molar refractivity (Wildman–Crippen MR) is 111 cm³/mol. The first-order chi connectivity index (χ1) is 14.2. The maximum absolute atomic E-state index is 12.5. The number of aromatic nitrogens is 1. The monoisotopic (exact) mass is 387 g/mol. The van der Waals surface area contributed by atoms with Gasteiger partial charge in [-0.05, 0) is 55.3 Å². The molecule has 29 heavy (non-hydrogen) atoms. The van der Waals surface area contributed by atoms with Crippen LogP contribution in [0.15, 0.2) is 73.1 Å². The van der Waals surface area contributed by atoms with E-state index < -0.39 is 0 Å². The molecular formula is C23H21N3O3. The van der Waals surface area contributed by atoms with Crippen LogP contribution in [-0.2, 0) is 11.4 Å². The zero-order valence-corrected chi connectivity index (χ0v) is 15.8. The van der Waals surface area contributed by atoms with Crippen molar-refractivity contribution in [2.24, 2.45) is 5.92 Å². The van der Waals surface area contributed by atoms with E-state index in [1.165, 1.54) is 0 Å². The Balaban J connectivity index is 1.34. The Morgan fingerprint density at radius 3 is 2.52 bits per heavy atom. The molecule has 1 aliphatic carbocycles. The Bertz CT molecular complexity index is 999. The molecule has 2 amide bonds. The highest BCUT2D eigenvalue weighted by molar-refractivity contribution is 6.04. The summed E-state index contributed by atoms with van der Waals surface area (Å²) in [7, 11) is 0. The van der Waals surface area contributed by atoms with Crippen LogP contribution in [0.2, 0.25) is 0 Å². The highest BCUT2D eigenvalue weighted by Crippen LogP contribution is 2.30. The topological polar surface area (TPSA) is 80.3 Å². The number of pyridine rings is 1. The van der Waals surface area contributed by atoms with Crippen molar-refractivity contribution in [1.29, 1.82) is 0 Å². The van der Waals surface area contributed by atoms with Crippen molar-refractivity contribution in [3.8, 4) is 5.75 Å². The SMILES string of the molecule is O=C(Nc1cccc(OCc2cccnc2)c1)c1ccc(NC(=O)C2CC2)cc1. The number of nitrogens with zero attached hydrogens (tertiary/aromatic N) is 1. The minimum absolute atomic E-state index is 0.0466. The molecule has 6 nitrogen and oxygen atoms in total. The molecule has 1 fully saturated rings. The molecule has 1 aromatic heterocycles. The number of amides is 2. The average Bonchev–Trinajstić information content (AvgIpc) is 3.59. The Labute approximate surface area is 168 Å². The average molecular weight is 387 g/mol. The van der Waals surface area contributed by atoms with E-state index in [1.807, 2.05) is 24.3 Å². The number of benzene rings is 2. The Morgan fingerprint density at radius 2 is 1.79 bits per heavy atom. The maximum Gasteiger partial charge on any atom is 0.255 e. The Kier molecular flexibility index (Phi) is 5.52. The molecule has 6 heteroatoms. The van der Waals surface area contributed by atoms with Gasteiger partial charge in [0.25, 0.3) is 5.91 Å². The van der Waals surface area contributed by atoms with Gasteiger partial charge in [-0.15, -0.1) is 0 Å². The van der Waals surface area contributed by atoms with Gasteiger partial charge < -0.3 is 15.4 Å². The molecular weight excluding hydrogens is 366 g/mol. The summed E-state index contributed by atoms with van der Waals surface area (Å²) in [4.78, 5) is 28.4. The normalized spacial score (nSPS) is 12.8. The highest BCUT2D eigenvalue weighted by Gasteiger charge is 2.29. The van der Waals surface area contributed by atoms with Crippen LogP contribution in [0.5, 0.6) is 5.75 Å². The van der Waals surface area contributed by atoms with Crippen LogP contribution in [0.25, 0.3) is 0 Å². The van der Waals surface area contributed by atoms with E-state index in [9.17, 15) is 9.59 Å². The number of hydrogen-bond donors (Lipinski definition) is 2. The Hall–Kier alpha value is -3.67. The van der Waals surface area contributed by atoms with Crippen molar-refractivity contribution in [1.82, 2.24) is 4.98 Å². The van der Waals surface area contributed by atoms with Gasteiger partial charge in [-0.1, -0.05) is 12.1 Å². The van der Waals surface area contributed by atoms with Crippen molar-refractivity contribution < 1.29 is 14.3 Å².